The fourth-order valence-corrected chi connectivity index (χ4v) is 5.43. The molecule has 2 aliphatic carbocycles. The van der Waals surface area contributed by atoms with Crippen molar-refractivity contribution >= 4 is 5.65 Å². The van der Waals surface area contributed by atoms with Gasteiger partial charge in [0.2, 0.25) is 0 Å². The molecule has 156 valence electrons. The van der Waals surface area contributed by atoms with E-state index < -0.39 is 0 Å². The topological polar surface area (TPSA) is 52.3 Å². The minimum absolute atomic E-state index is 0.126. The van der Waals surface area contributed by atoms with Crippen LogP contribution in [-0.4, -0.2) is 26.2 Å². The molecule has 1 saturated carbocycles. The van der Waals surface area contributed by atoms with E-state index in [4.69, 9.17) is 19.8 Å². The zero-order valence-corrected chi connectivity index (χ0v) is 17.8. The van der Waals surface area contributed by atoms with Crippen LogP contribution in [0.3, 0.4) is 0 Å². The number of ether oxygens (including phenoxy) is 1. The van der Waals surface area contributed by atoms with E-state index in [0.29, 0.717) is 0 Å². The van der Waals surface area contributed by atoms with Gasteiger partial charge in [-0.15, -0.1) is 5.10 Å². The van der Waals surface area contributed by atoms with Crippen LogP contribution in [0.2, 0.25) is 0 Å². The molecular formula is C26H26N4O. The van der Waals surface area contributed by atoms with Gasteiger partial charge in [-0.1, -0.05) is 44.0 Å². The third-order valence-corrected chi connectivity index (χ3v) is 6.87. The third kappa shape index (κ3) is 2.94. The van der Waals surface area contributed by atoms with Crippen LogP contribution in [0.15, 0.2) is 54.9 Å². The Bertz CT molecular complexity index is 1250. The molecule has 0 unspecified atom stereocenters. The maximum Gasteiger partial charge on any atom is 0.182 e. The number of rotatable bonds is 4. The number of aromatic nitrogens is 4. The van der Waals surface area contributed by atoms with Crippen molar-refractivity contribution in [2.45, 2.75) is 50.9 Å². The molecule has 0 N–H and O–H groups in total. The van der Waals surface area contributed by atoms with E-state index in [1.54, 1.807) is 0 Å². The Labute approximate surface area is 182 Å². The number of nitrogens with zero attached hydrogens (tertiary/aromatic N) is 4. The Kier molecular flexibility index (Phi) is 4.30. The zero-order valence-electron chi connectivity index (χ0n) is 17.8. The first-order chi connectivity index (χ1) is 15.3. The lowest BCUT2D eigenvalue weighted by molar-refractivity contribution is 0.317. The van der Waals surface area contributed by atoms with Gasteiger partial charge in [-0.25, -0.2) is 14.5 Å². The molecule has 0 amide bonds. The Balaban J connectivity index is 1.49. The quantitative estimate of drug-likeness (QED) is 0.438. The Morgan fingerprint density at radius 3 is 2.65 bits per heavy atom. The van der Waals surface area contributed by atoms with Crippen molar-refractivity contribution in [3.63, 3.8) is 0 Å². The smallest absolute Gasteiger partial charge is 0.182 e. The molecule has 5 nitrogen and oxygen atoms in total. The van der Waals surface area contributed by atoms with Gasteiger partial charge in [0, 0.05) is 22.1 Å². The molecule has 1 spiro atoms. The van der Waals surface area contributed by atoms with E-state index >= 15 is 0 Å². The Morgan fingerprint density at radius 1 is 1.03 bits per heavy atom. The predicted molar refractivity (Wildman–Crippen MR) is 121 cm³/mol. The first-order valence-electron chi connectivity index (χ1n) is 11.3. The van der Waals surface area contributed by atoms with Crippen molar-refractivity contribution in [1.82, 2.24) is 19.6 Å². The SMILES string of the molecule is CCCOc1ccc(-c2nc3c4c(ncn3n2)-c2ccccc2CC42CCCC2)cc1. The van der Waals surface area contributed by atoms with Gasteiger partial charge in [-0.2, -0.15) is 0 Å². The summed E-state index contributed by atoms with van der Waals surface area (Å²) in [5.41, 5.74) is 7.14. The van der Waals surface area contributed by atoms with Crippen LogP contribution in [0.25, 0.3) is 28.3 Å². The van der Waals surface area contributed by atoms with E-state index in [9.17, 15) is 0 Å². The Hall–Kier alpha value is -3.21. The van der Waals surface area contributed by atoms with E-state index in [-0.39, 0.29) is 5.41 Å². The molecule has 2 aliphatic rings. The van der Waals surface area contributed by atoms with E-state index in [1.807, 2.05) is 35.1 Å². The van der Waals surface area contributed by atoms with Crippen molar-refractivity contribution in [3.8, 4) is 28.4 Å². The average Bonchev–Trinajstić information content (AvgIpc) is 3.45. The van der Waals surface area contributed by atoms with Gasteiger partial charge in [0.05, 0.1) is 12.3 Å². The largest absolute Gasteiger partial charge is 0.494 e. The van der Waals surface area contributed by atoms with Crippen LogP contribution >= 0.6 is 0 Å². The van der Waals surface area contributed by atoms with Gasteiger partial charge < -0.3 is 4.74 Å². The van der Waals surface area contributed by atoms with Gasteiger partial charge in [-0.05, 0) is 55.5 Å². The van der Waals surface area contributed by atoms with Gasteiger partial charge in [-0.3, -0.25) is 0 Å². The Morgan fingerprint density at radius 2 is 1.84 bits per heavy atom. The summed E-state index contributed by atoms with van der Waals surface area (Å²) in [5, 5.41) is 4.80. The zero-order chi connectivity index (χ0) is 20.8. The minimum Gasteiger partial charge on any atom is -0.494 e. The molecule has 31 heavy (non-hydrogen) atoms. The van der Waals surface area contributed by atoms with Crippen molar-refractivity contribution in [1.29, 1.82) is 0 Å². The summed E-state index contributed by atoms with van der Waals surface area (Å²) in [6.45, 7) is 2.84. The second-order valence-electron chi connectivity index (χ2n) is 8.87. The van der Waals surface area contributed by atoms with E-state index in [1.165, 1.54) is 42.4 Å². The maximum atomic E-state index is 5.72. The molecule has 1 fully saturated rings. The summed E-state index contributed by atoms with van der Waals surface area (Å²) < 4.78 is 7.60. The average molecular weight is 411 g/mol. The standard InChI is InChI=1S/C26H26N4O/c1-2-15-31-20-11-9-18(10-12-20)24-28-25-22-23(27-17-30(25)29-24)21-8-4-3-7-19(21)16-26(22)13-5-6-14-26/h3-4,7-12,17H,2,5-6,13-16H2,1H3. The summed E-state index contributed by atoms with van der Waals surface area (Å²) in [7, 11) is 0. The molecule has 0 radical (unpaired) electrons. The molecule has 0 atom stereocenters. The highest BCUT2D eigenvalue weighted by Gasteiger charge is 2.43. The molecule has 5 heteroatoms. The molecule has 0 aliphatic heterocycles. The van der Waals surface area contributed by atoms with Crippen LogP contribution < -0.4 is 4.74 Å². The lowest BCUT2D eigenvalue weighted by atomic mass is 9.68. The fourth-order valence-electron chi connectivity index (χ4n) is 5.43. The summed E-state index contributed by atoms with van der Waals surface area (Å²) >= 11 is 0. The number of hydrogen-bond acceptors (Lipinski definition) is 4. The number of hydrogen-bond donors (Lipinski definition) is 0. The molecule has 6 rings (SSSR count). The van der Waals surface area contributed by atoms with Gasteiger partial charge in [0.1, 0.15) is 12.1 Å². The second-order valence-corrected chi connectivity index (χ2v) is 8.87. The molecule has 2 aromatic heterocycles. The van der Waals surface area contributed by atoms with Gasteiger partial charge in [0.15, 0.2) is 11.5 Å². The van der Waals surface area contributed by atoms with Crippen LogP contribution in [0, 0.1) is 0 Å². The highest BCUT2D eigenvalue weighted by Crippen LogP contribution is 2.52. The molecular weight excluding hydrogens is 384 g/mol. The van der Waals surface area contributed by atoms with Gasteiger partial charge >= 0.3 is 0 Å². The lowest BCUT2D eigenvalue weighted by Gasteiger charge is -2.36. The summed E-state index contributed by atoms with van der Waals surface area (Å²) in [5.74, 6) is 1.62. The number of benzene rings is 2. The molecule has 0 bridgehead atoms. The van der Waals surface area contributed by atoms with Crippen LogP contribution in [0.1, 0.15) is 50.2 Å². The van der Waals surface area contributed by atoms with Crippen molar-refractivity contribution in [2.75, 3.05) is 6.61 Å². The van der Waals surface area contributed by atoms with Crippen LogP contribution in [0.5, 0.6) is 5.75 Å². The van der Waals surface area contributed by atoms with Crippen molar-refractivity contribution in [3.05, 3.63) is 66.0 Å². The molecule has 0 saturated heterocycles. The summed E-state index contributed by atoms with van der Waals surface area (Å²) in [6.07, 6.45) is 8.82. The predicted octanol–water partition coefficient (Wildman–Crippen LogP) is 5.62. The highest BCUT2D eigenvalue weighted by atomic mass is 16.5. The van der Waals surface area contributed by atoms with Crippen molar-refractivity contribution < 1.29 is 4.74 Å². The van der Waals surface area contributed by atoms with Crippen molar-refractivity contribution in [2.24, 2.45) is 0 Å². The number of fused-ring (bicyclic) bond motifs is 6. The summed E-state index contributed by atoms with van der Waals surface area (Å²) in [6, 6.07) is 16.8. The maximum absolute atomic E-state index is 5.72. The fraction of sp³-hybridized carbons (Fsp3) is 0.346. The first-order valence-corrected chi connectivity index (χ1v) is 11.3. The first kappa shape index (κ1) is 18.6. The second kappa shape index (κ2) is 7.19. The van der Waals surface area contributed by atoms with Crippen LogP contribution in [0.4, 0.5) is 0 Å². The normalized spacial score (nSPS) is 16.4. The van der Waals surface area contributed by atoms with Crippen LogP contribution in [-0.2, 0) is 11.8 Å². The monoisotopic (exact) mass is 410 g/mol. The molecule has 2 heterocycles. The molecule has 2 aromatic carbocycles. The summed E-state index contributed by atoms with van der Waals surface area (Å²) in [4.78, 5) is 9.95. The highest BCUT2D eigenvalue weighted by molar-refractivity contribution is 5.78. The molecule has 4 aromatic rings. The third-order valence-electron chi connectivity index (χ3n) is 6.87. The van der Waals surface area contributed by atoms with E-state index in [2.05, 4.69) is 31.2 Å². The minimum atomic E-state index is 0.126. The van der Waals surface area contributed by atoms with E-state index in [0.717, 1.165) is 47.9 Å². The van der Waals surface area contributed by atoms with Gasteiger partial charge in [0.25, 0.3) is 0 Å². The lowest BCUT2D eigenvalue weighted by Crippen LogP contribution is -2.31.